The number of ether oxygens (including phenoxy) is 1. The van der Waals surface area contributed by atoms with E-state index in [0.29, 0.717) is 18.2 Å². The summed E-state index contributed by atoms with van der Waals surface area (Å²) in [6, 6.07) is 2.31. The monoisotopic (exact) mass is 633 g/mol. The third-order valence-electron chi connectivity index (χ3n) is 8.34. The van der Waals surface area contributed by atoms with Crippen molar-refractivity contribution in [2.45, 2.75) is 72.3 Å². The molecule has 0 aromatic carbocycles. The van der Waals surface area contributed by atoms with Gasteiger partial charge >= 0.3 is 0 Å². The number of nitrogens with one attached hydrogen (secondary N) is 2. The first kappa shape index (κ1) is 34.4. The average molecular weight is 634 g/mol. The molecular formula is C35H51N7O2S. The van der Waals surface area contributed by atoms with Crippen molar-refractivity contribution < 1.29 is 9.53 Å². The third-order valence-corrected chi connectivity index (χ3v) is 9.40. The molecule has 1 atom stereocenters. The fraction of sp³-hybridized carbons (Fsp3) is 0.514. The van der Waals surface area contributed by atoms with E-state index in [-0.39, 0.29) is 5.91 Å². The van der Waals surface area contributed by atoms with Crippen molar-refractivity contribution >= 4 is 34.1 Å². The van der Waals surface area contributed by atoms with Gasteiger partial charge in [0.1, 0.15) is 5.01 Å². The number of pyridine rings is 1. The van der Waals surface area contributed by atoms with Crippen LogP contribution in [-0.2, 0) is 4.74 Å². The van der Waals surface area contributed by atoms with Gasteiger partial charge in [0.05, 0.1) is 35.0 Å². The van der Waals surface area contributed by atoms with Gasteiger partial charge in [0.25, 0.3) is 5.91 Å². The molecule has 4 rings (SSSR count). The summed E-state index contributed by atoms with van der Waals surface area (Å²) in [7, 11) is 4.07. The van der Waals surface area contributed by atoms with Gasteiger partial charge in [-0.05, 0) is 63.2 Å². The van der Waals surface area contributed by atoms with Crippen LogP contribution in [0.1, 0.15) is 85.2 Å². The van der Waals surface area contributed by atoms with Crippen molar-refractivity contribution in [3.05, 3.63) is 74.9 Å². The van der Waals surface area contributed by atoms with E-state index in [1.165, 1.54) is 11.1 Å². The number of amides is 1. The Labute approximate surface area is 273 Å². The van der Waals surface area contributed by atoms with Crippen molar-refractivity contribution in [3.8, 4) is 0 Å². The molecular weight excluding hydrogens is 582 g/mol. The summed E-state index contributed by atoms with van der Waals surface area (Å²) in [6.07, 6.45) is 15.9. The first-order chi connectivity index (χ1) is 21.7. The summed E-state index contributed by atoms with van der Waals surface area (Å²) >= 11 is 1.64. The number of allylic oxidation sites excluding steroid dienone is 5. The highest BCUT2D eigenvalue weighted by Gasteiger charge is 2.24. The number of anilines is 1. The van der Waals surface area contributed by atoms with E-state index in [1.54, 1.807) is 23.7 Å². The molecule has 3 heterocycles. The molecule has 0 radical (unpaired) electrons. The van der Waals surface area contributed by atoms with Crippen LogP contribution in [0.15, 0.2) is 53.8 Å². The Bertz CT molecular complexity index is 1430. The van der Waals surface area contributed by atoms with Crippen LogP contribution in [-0.4, -0.2) is 78.7 Å². The Morgan fingerprint density at radius 1 is 1.22 bits per heavy atom. The summed E-state index contributed by atoms with van der Waals surface area (Å²) in [5.41, 5.74) is 13.9. The molecule has 2 aromatic rings. The Hall–Kier alpha value is -3.47. The second kappa shape index (κ2) is 16.7. The SMILES string of the molecule is CC/C=C(C)/C(=C\N(C)C)c1cnc(/C(=C\N)C(Nc2cc(C(=O)NCCN3CCOCC3CCC)cnc2C)=C2CCC2)s1. The summed E-state index contributed by atoms with van der Waals surface area (Å²) in [6.45, 7) is 12.2. The van der Waals surface area contributed by atoms with Gasteiger partial charge in [-0.3, -0.25) is 14.7 Å². The first-order valence-electron chi connectivity index (χ1n) is 16.3. The first-order valence-corrected chi connectivity index (χ1v) is 17.1. The van der Waals surface area contributed by atoms with Crippen LogP contribution in [0, 0.1) is 6.92 Å². The number of aromatic nitrogens is 2. The van der Waals surface area contributed by atoms with E-state index in [9.17, 15) is 4.79 Å². The average Bonchev–Trinajstić information content (AvgIpc) is 3.47. The highest BCUT2D eigenvalue weighted by Crippen LogP contribution is 2.39. The maximum absolute atomic E-state index is 13.2. The quantitative estimate of drug-likeness (QED) is 0.212. The van der Waals surface area contributed by atoms with E-state index in [4.69, 9.17) is 15.5 Å². The topological polar surface area (TPSA) is 109 Å². The van der Waals surface area contributed by atoms with Crippen molar-refractivity contribution in [2.75, 3.05) is 52.3 Å². The number of morpholine rings is 1. The molecule has 2 aliphatic rings. The lowest BCUT2D eigenvalue weighted by molar-refractivity contribution is -0.00967. The molecule has 1 amide bonds. The number of hydrogen-bond acceptors (Lipinski definition) is 9. The molecule has 2 aromatic heterocycles. The molecule has 1 saturated carbocycles. The lowest BCUT2D eigenvalue weighted by atomic mass is 9.88. The normalized spacial score (nSPS) is 18.0. The van der Waals surface area contributed by atoms with Gasteiger partial charge in [0, 0.05) is 81.4 Å². The Morgan fingerprint density at radius 2 is 2.02 bits per heavy atom. The van der Waals surface area contributed by atoms with E-state index in [2.05, 4.69) is 58.5 Å². The molecule has 0 bridgehead atoms. The zero-order valence-electron chi connectivity index (χ0n) is 27.9. The third kappa shape index (κ3) is 9.05. The number of hydrogen-bond donors (Lipinski definition) is 3. The smallest absolute Gasteiger partial charge is 0.252 e. The highest BCUT2D eigenvalue weighted by atomic mass is 32.1. The standard InChI is InChI=1S/C35H51N7O2S/c1-7-10-24(3)30(22-41(5)6)32-21-39-35(45-32)29(19-36)33(26-12-9-13-26)40-31-18-27(20-38-25(31)4)34(43)37-14-15-42-16-17-44-23-28(42)11-8-2/h10,18-22,28,40H,7-9,11-17,23,36H2,1-6H3,(H,37,43)/b24-10+,29-19-,30-22+. The lowest BCUT2D eigenvalue weighted by Gasteiger charge is -2.35. The van der Waals surface area contributed by atoms with E-state index < -0.39 is 0 Å². The van der Waals surface area contributed by atoms with Crippen LogP contribution < -0.4 is 16.4 Å². The van der Waals surface area contributed by atoms with Crippen molar-refractivity contribution in [1.82, 2.24) is 25.1 Å². The summed E-state index contributed by atoms with van der Waals surface area (Å²) < 4.78 is 5.67. The minimum atomic E-state index is -0.126. The predicted octanol–water partition coefficient (Wildman–Crippen LogP) is 6.19. The van der Waals surface area contributed by atoms with Gasteiger partial charge in [-0.15, -0.1) is 11.3 Å². The lowest BCUT2D eigenvalue weighted by Crippen LogP contribution is -2.48. The number of nitrogens with zero attached hydrogens (tertiary/aromatic N) is 4. The highest BCUT2D eigenvalue weighted by molar-refractivity contribution is 7.14. The van der Waals surface area contributed by atoms with Gasteiger partial charge in [-0.2, -0.15) is 0 Å². The molecule has 244 valence electrons. The van der Waals surface area contributed by atoms with E-state index >= 15 is 0 Å². The minimum Gasteiger partial charge on any atom is -0.404 e. The van der Waals surface area contributed by atoms with E-state index in [1.807, 2.05) is 33.3 Å². The second-order valence-corrected chi connectivity index (χ2v) is 13.1. The Balaban J connectivity index is 1.52. The Morgan fingerprint density at radius 3 is 2.69 bits per heavy atom. The fourth-order valence-corrected chi connectivity index (χ4v) is 6.71. The van der Waals surface area contributed by atoms with Gasteiger partial charge in [-0.25, -0.2) is 4.98 Å². The fourth-order valence-electron chi connectivity index (χ4n) is 5.68. The molecule has 10 heteroatoms. The summed E-state index contributed by atoms with van der Waals surface area (Å²) in [4.78, 5) is 28.2. The molecule has 2 fully saturated rings. The predicted molar refractivity (Wildman–Crippen MR) is 187 cm³/mol. The van der Waals surface area contributed by atoms with Crippen LogP contribution in [0.5, 0.6) is 0 Å². The van der Waals surface area contributed by atoms with Gasteiger partial charge < -0.3 is 26.0 Å². The molecule has 1 saturated heterocycles. The Kier molecular flexibility index (Phi) is 12.8. The van der Waals surface area contributed by atoms with Crippen molar-refractivity contribution in [1.29, 1.82) is 0 Å². The molecule has 9 nitrogen and oxygen atoms in total. The van der Waals surface area contributed by atoms with E-state index in [0.717, 1.165) is 103 Å². The summed E-state index contributed by atoms with van der Waals surface area (Å²) in [5.74, 6) is -0.126. The zero-order chi connectivity index (χ0) is 32.3. The largest absolute Gasteiger partial charge is 0.404 e. The van der Waals surface area contributed by atoms with Crippen molar-refractivity contribution in [3.63, 3.8) is 0 Å². The van der Waals surface area contributed by atoms with Crippen LogP contribution in [0.2, 0.25) is 0 Å². The van der Waals surface area contributed by atoms with Crippen LogP contribution >= 0.6 is 11.3 Å². The molecule has 1 aliphatic carbocycles. The number of carbonyl (C=O) groups excluding carboxylic acids is 1. The molecule has 1 unspecified atom stereocenters. The van der Waals surface area contributed by atoms with Gasteiger partial charge in [-0.1, -0.05) is 26.3 Å². The van der Waals surface area contributed by atoms with Crippen LogP contribution in [0.25, 0.3) is 11.1 Å². The zero-order valence-corrected chi connectivity index (χ0v) is 28.7. The number of carbonyl (C=O) groups is 1. The van der Waals surface area contributed by atoms with Crippen LogP contribution in [0.4, 0.5) is 5.69 Å². The minimum absolute atomic E-state index is 0.126. The second-order valence-electron chi connectivity index (χ2n) is 12.0. The van der Waals surface area contributed by atoms with Gasteiger partial charge in [0.2, 0.25) is 0 Å². The molecule has 4 N–H and O–H groups in total. The molecule has 45 heavy (non-hydrogen) atoms. The van der Waals surface area contributed by atoms with Gasteiger partial charge in [0.15, 0.2) is 0 Å². The number of nitrogens with two attached hydrogens (primary N) is 1. The van der Waals surface area contributed by atoms with Crippen molar-refractivity contribution in [2.24, 2.45) is 5.73 Å². The number of aryl methyl sites for hydroxylation is 1. The number of thiazole rings is 1. The maximum Gasteiger partial charge on any atom is 0.252 e. The summed E-state index contributed by atoms with van der Waals surface area (Å²) in [5, 5.41) is 7.59. The molecule has 1 aliphatic heterocycles. The molecule has 0 spiro atoms. The maximum atomic E-state index is 13.2. The van der Waals surface area contributed by atoms with Crippen LogP contribution in [0.3, 0.4) is 0 Å². The number of rotatable bonds is 14.